The maximum atomic E-state index is 12.8. The first kappa shape index (κ1) is 20.2. The maximum absolute atomic E-state index is 12.8. The first-order chi connectivity index (χ1) is 13.5. The Morgan fingerprint density at radius 3 is 2.32 bits per heavy atom. The molecule has 0 unspecified atom stereocenters. The summed E-state index contributed by atoms with van der Waals surface area (Å²) in [4.78, 5) is 15.1. The molecule has 1 aliphatic rings. The van der Waals surface area contributed by atoms with Crippen molar-refractivity contribution in [1.82, 2.24) is 4.90 Å². The summed E-state index contributed by atoms with van der Waals surface area (Å²) in [5.74, 6) is 2.07. The van der Waals surface area contributed by atoms with Gasteiger partial charge in [0.05, 0.1) is 26.2 Å². The Hall–Kier alpha value is -2.51. The number of benzene rings is 2. The van der Waals surface area contributed by atoms with E-state index in [0.29, 0.717) is 27.3 Å². The highest BCUT2D eigenvalue weighted by atomic mass is 32.2. The van der Waals surface area contributed by atoms with Gasteiger partial charge in [0.1, 0.15) is 21.6 Å². The third-order valence-corrected chi connectivity index (χ3v) is 5.76. The van der Waals surface area contributed by atoms with E-state index in [9.17, 15) is 4.79 Å². The summed E-state index contributed by atoms with van der Waals surface area (Å²) in [6.07, 6.45) is 2.53. The summed E-state index contributed by atoms with van der Waals surface area (Å²) in [5.41, 5.74) is 1.93. The van der Waals surface area contributed by atoms with E-state index in [4.69, 9.17) is 26.4 Å². The van der Waals surface area contributed by atoms with Crippen LogP contribution in [-0.2, 0) is 11.2 Å². The van der Waals surface area contributed by atoms with Gasteiger partial charge in [-0.3, -0.25) is 9.69 Å². The number of ether oxygens (including phenoxy) is 3. The van der Waals surface area contributed by atoms with E-state index >= 15 is 0 Å². The SMILES string of the molecule is COc1ccc(CCN2C(=O)C(=Cc3ccc(OC)cc3OC)SC2=S)cc1. The van der Waals surface area contributed by atoms with Gasteiger partial charge in [-0.2, -0.15) is 0 Å². The molecule has 1 amide bonds. The fourth-order valence-corrected chi connectivity index (χ4v) is 4.10. The van der Waals surface area contributed by atoms with Gasteiger partial charge in [-0.05, 0) is 42.3 Å². The van der Waals surface area contributed by atoms with E-state index in [2.05, 4.69) is 0 Å². The first-order valence-electron chi connectivity index (χ1n) is 8.66. The van der Waals surface area contributed by atoms with Crippen LogP contribution in [0.4, 0.5) is 0 Å². The molecular formula is C21H21NO4S2. The van der Waals surface area contributed by atoms with Crippen molar-refractivity contribution in [2.24, 2.45) is 0 Å². The van der Waals surface area contributed by atoms with Crippen LogP contribution in [0.5, 0.6) is 17.2 Å². The molecule has 1 fully saturated rings. The molecule has 1 heterocycles. The van der Waals surface area contributed by atoms with Crippen molar-refractivity contribution in [3.63, 3.8) is 0 Å². The smallest absolute Gasteiger partial charge is 0.266 e. The summed E-state index contributed by atoms with van der Waals surface area (Å²) >= 11 is 6.73. The molecule has 0 saturated carbocycles. The quantitative estimate of drug-likeness (QED) is 0.500. The number of amides is 1. The Morgan fingerprint density at radius 2 is 1.68 bits per heavy atom. The van der Waals surface area contributed by atoms with E-state index in [-0.39, 0.29) is 5.91 Å². The Morgan fingerprint density at radius 1 is 1.00 bits per heavy atom. The Kier molecular flexibility index (Phi) is 6.59. The molecule has 5 nitrogen and oxygen atoms in total. The number of hydrogen-bond acceptors (Lipinski definition) is 6. The van der Waals surface area contributed by atoms with Gasteiger partial charge in [0.15, 0.2) is 0 Å². The predicted octanol–water partition coefficient (Wildman–Crippen LogP) is 4.16. The number of thioether (sulfide) groups is 1. The topological polar surface area (TPSA) is 48.0 Å². The molecular weight excluding hydrogens is 394 g/mol. The molecule has 2 aromatic rings. The number of thiocarbonyl (C=S) groups is 1. The molecule has 2 aromatic carbocycles. The van der Waals surface area contributed by atoms with Crippen LogP contribution in [0.1, 0.15) is 11.1 Å². The second-order valence-electron chi connectivity index (χ2n) is 6.04. The lowest BCUT2D eigenvalue weighted by Crippen LogP contribution is -2.30. The number of hydrogen-bond donors (Lipinski definition) is 0. The van der Waals surface area contributed by atoms with Crippen LogP contribution < -0.4 is 14.2 Å². The molecule has 1 aliphatic heterocycles. The highest BCUT2D eigenvalue weighted by molar-refractivity contribution is 8.26. The Balaban J connectivity index is 1.73. The summed E-state index contributed by atoms with van der Waals surface area (Å²) < 4.78 is 16.4. The zero-order valence-electron chi connectivity index (χ0n) is 15.9. The molecule has 28 heavy (non-hydrogen) atoms. The van der Waals surface area contributed by atoms with Gasteiger partial charge >= 0.3 is 0 Å². The van der Waals surface area contributed by atoms with Gasteiger partial charge < -0.3 is 14.2 Å². The minimum absolute atomic E-state index is 0.0821. The predicted molar refractivity (Wildman–Crippen MR) is 116 cm³/mol. The van der Waals surface area contributed by atoms with Crippen molar-refractivity contribution in [3.8, 4) is 17.2 Å². The maximum Gasteiger partial charge on any atom is 0.266 e. The zero-order valence-corrected chi connectivity index (χ0v) is 17.6. The summed E-state index contributed by atoms with van der Waals surface area (Å²) in [6, 6.07) is 13.3. The van der Waals surface area contributed by atoms with Crippen LogP contribution >= 0.6 is 24.0 Å². The van der Waals surface area contributed by atoms with Crippen LogP contribution in [0.2, 0.25) is 0 Å². The molecule has 1 saturated heterocycles. The second-order valence-corrected chi connectivity index (χ2v) is 7.72. The first-order valence-corrected chi connectivity index (χ1v) is 9.88. The lowest BCUT2D eigenvalue weighted by molar-refractivity contribution is -0.122. The molecule has 7 heteroatoms. The Bertz CT molecular complexity index is 909. The van der Waals surface area contributed by atoms with Crippen molar-refractivity contribution >= 4 is 40.3 Å². The third-order valence-electron chi connectivity index (χ3n) is 4.38. The number of nitrogens with zero attached hydrogens (tertiary/aromatic N) is 1. The van der Waals surface area contributed by atoms with Crippen LogP contribution in [0.15, 0.2) is 47.4 Å². The van der Waals surface area contributed by atoms with Gasteiger partial charge in [-0.25, -0.2) is 0 Å². The number of carbonyl (C=O) groups is 1. The normalized spacial score (nSPS) is 15.2. The van der Waals surface area contributed by atoms with Crippen LogP contribution in [0.25, 0.3) is 6.08 Å². The number of carbonyl (C=O) groups excluding carboxylic acids is 1. The van der Waals surface area contributed by atoms with E-state index in [1.54, 1.807) is 32.3 Å². The van der Waals surface area contributed by atoms with Crippen molar-refractivity contribution in [1.29, 1.82) is 0 Å². The van der Waals surface area contributed by atoms with Gasteiger partial charge in [0, 0.05) is 18.2 Å². The summed E-state index contributed by atoms with van der Waals surface area (Å²) in [5, 5.41) is 0. The van der Waals surface area contributed by atoms with Crippen molar-refractivity contribution < 1.29 is 19.0 Å². The van der Waals surface area contributed by atoms with E-state index in [0.717, 1.165) is 23.3 Å². The van der Waals surface area contributed by atoms with E-state index < -0.39 is 0 Å². The molecule has 0 bridgehead atoms. The molecule has 0 spiro atoms. The molecule has 0 N–H and O–H groups in total. The van der Waals surface area contributed by atoms with E-state index in [1.807, 2.05) is 42.5 Å². The molecule has 146 valence electrons. The van der Waals surface area contributed by atoms with Crippen LogP contribution in [0, 0.1) is 0 Å². The van der Waals surface area contributed by atoms with Crippen molar-refractivity contribution in [2.45, 2.75) is 6.42 Å². The minimum atomic E-state index is -0.0821. The average molecular weight is 416 g/mol. The van der Waals surface area contributed by atoms with E-state index in [1.165, 1.54) is 11.8 Å². The summed E-state index contributed by atoms with van der Waals surface area (Å²) in [6.45, 7) is 0.536. The lowest BCUT2D eigenvalue weighted by atomic mass is 10.1. The third kappa shape index (κ3) is 4.48. The minimum Gasteiger partial charge on any atom is -0.497 e. The molecule has 0 radical (unpaired) electrons. The largest absolute Gasteiger partial charge is 0.497 e. The molecule has 0 aromatic heterocycles. The molecule has 0 atom stereocenters. The van der Waals surface area contributed by atoms with Gasteiger partial charge in [0.2, 0.25) is 0 Å². The molecule has 0 aliphatic carbocycles. The number of rotatable bonds is 7. The monoisotopic (exact) mass is 415 g/mol. The standard InChI is InChI=1S/C21H21NO4S2/c1-24-16-7-4-14(5-8-16)10-11-22-20(23)19(28-21(22)27)12-15-6-9-17(25-2)13-18(15)26-3/h4-9,12-13H,10-11H2,1-3H3. The highest BCUT2D eigenvalue weighted by Crippen LogP contribution is 2.35. The van der Waals surface area contributed by atoms with Gasteiger partial charge in [0.25, 0.3) is 5.91 Å². The fourth-order valence-electron chi connectivity index (χ4n) is 2.80. The average Bonchev–Trinajstić information content (AvgIpc) is 2.99. The van der Waals surface area contributed by atoms with Crippen LogP contribution in [-0.4, -0.2) is 43.0 Å². The van der Waals surface area contributed by atoms with Crippen molar-refractivity contribution in [3.05, 3.63) is 58.5 Å². The highest BCUT2D eigenvalue weighted by Gasteiger charge is 2.31. The fraction of sp³-hybridized carbons (Fsp3) is 0.238. The zero-order chi connectivity index (χ0) is 20.1. The van der Waals surface area contributed by atoms with Crippen molar-refractivity contribution in [2.75, 3.05) is 27.9 Å². The lowest BCUT2D eigenvalue weighted by Gasteiger charge is -2.14. The molecule has 3 rings (SSSR count). The Labute approximate surface area is 174 Å². The summed E-state index contributed by atoms with van der Waals surface area (Å²) in [7, 11) is 4.83. The van der Waals surface area contributed by atoms with Gasteiger partial charge in [-0.15, -0.1) is 0 Å². The number of methoxy groups -OCH3 is 3. The second kappa shape index (κ2) is 9.12. The van der Waals surface area contributed by atoms with Gasteiger partial charge in [-0.1, -0.05) is 36.1 Å². The van der Waals surface area contributed by atoms with Crippen LogP contribution in [0.3, 0.4) is 0 Å².